The van der Waals surface area contributed by atoms with Gasteiger partial charge in [0.25, 0.3) is 0 Å². The summed E-state index contributed by atoms with van der Waals surface area (Å²) in [6.45, 7) is 0.793. The Balaban J connectivity index is 2.23. The monoisotopic (exact) mass is 293 g/mol. The maximum atomic E-state index is 6.25. The topological polar surface area (TPSA) is 21.3 Å². The van der Waals surface area contributed by atoms with E-state index in [-0.39, 0.29) is 0 Å². The zero-order valence-electron chi connectivity index (χ0n) is 10.9. The van der Waals surface area contributed by atoms with E-state index in [0.29, 0.717) is 10.8 Å². The van der Waals surface area contributed by atoms with E-state index in [4.69, 9.17) is 16.3 Å². The molecular formula is C15H16ClNOS. The van der Waals surface area contributed by atoms with E-state index in [2.05, 4.69) is 5.32 Å². The van der Waals surface area contributed by atoms with Crippen LogP contribution in [0.5, 0.6) is 11.5 Å². The number of hydrogen-bond acceptors (Lipinski definition) is 3. The van der Waals surface area contributed by atoms with Gasteiger partial charge < -0.3 is 10.1 Å². The summed E-state index contributed by atoms with van der Waals surface area (Å²) in [5.41, 5.74) is 1.14. The molecule has 0 saturated heterocycles. The average molecular weight is 294 g/mol. The van der Waals surface area contributed by atoms with Crippen molar-refractivity contribution in [3.05, 3.63) is 53.1 Å². The van der Waals surface area contributed by atoms with Crippen molar-refractivity contribution in [3.8, 4) is 11.5 Å². The molecule has 19 heavy (non-hydrogen) atoms. The maximum Gasteiger partial charge on any atom is 0.146 e. The number of hydrogen-bond donors (Lipinski definition) is 1. The van der Waals surface area contributed by atoms with Crippen LogP contribution < -0.4 is 10.1 Å². The van der Waals surface area contributed by atoms with E-state index in [9.17, 15) is 0 Å². The van der Waals surface area contributed by atoms with E-state index in [0.717, 1.165) is 22.8 Å². The summed E-state index contributed by atoms with van der Waals surface area (Å²) < 4.78 is 5.89. The number of rotatable bonds is 5. The number of ether oxygens (including phenoxy) is 1. The van der Waals surface area contributed by atoms with Crippen molar-refractivity contribution in [1.29, 1.82) is 0 Å². The van der Waals surface area contributed by atoms with Gasteiger partial charge in [-0.2, -0.15) is 0 Å². The highest BCUT2D eigenvalue weighted by molar-refractivity contribution is 7.98. The lowest BCUT2D eigenvalue weighted by Gasteiger charge is -2.11. The van der Waals surface area contributed by atoms with Crippen LogP contribution >= 0.6 is 23.4 Å². The Kier molecular flexibility index (Phi) is 5.14. The number of thioether (sulfide) groups is 1. The van der Waals surface area contributed by atoms with Gasteiger partial charge in [0.2, 0.25) is 0 Å². The first kappa shape index (κ1) is 14.3. The first-order valence-corrected chi connectivity index (χ1v) is 7.58. The number of halogens is 1. The fraction of sp³-hybridized carbons (Fsp3) is 0.200. The summed E-state index contributed by atoms with van der Waals surface area (Å²) in [5.74, 6) is 1.52. The number of benzene rings is 2. The quantitative estimate of drug-likeness (QED) is 0.816. The predicted molar refractivity (Wildman–Crippen MR) is 82.5 cm³/mol. The molecule has 0 bridgehead atoms. The fourth-order valence-corrected chi connectivity index (χ4v) is 2.53. The minimum absolute atomic E-state index is 0.628. The Morgan fingerprint density at radius 2 is 1.95 bits per heavy atom. The van der Waals surface area contributed by atoms with Crippen molar-refractivity contribution < 1.29 is 4.74 Å². The second-order valence-corrected chi connectivity index (χ2v) is 5.30. The van der Waals surface area contributed by atoms with Crippen LogP contribution in [-0.4, -0.2) is 13.3 Å². The summed E-state index contributed by atoms with van der Waals surface area (Å²) in [6.07, 6.45) is 2.03. The van der Waals surface area contributed by atoms with E-state index >= 15 is 0 Å². The van der Waals surface area contributed by atoms with Crippen molar-refractivity contribution in [2.24, 2.45) is 0 Å². The molecule has 4 heteroatoms. The van der Waals surface area contributed by atoms with Gasteiger partial charge in [-0.1, -0.05) is 29.8 Å². The largest absolute Gasteiger partial charge is 0.455 e. The zero-order valence-corrected chi connectivity index (χ0v) is 12.5. The number of nitrogens with one attached hydrogen (secondary N) is 1. The van der Waals surface area contributed by atoms with Crippen LogP contribution in [0.25, 0.3) is 0 Å². The summed E-state index contributed by atoms with van der Waals surface area (Å²) >= 11 is 7.90. The molecule has 0 aromatic heterocycles. The highest BCUT2D eigenvalue weighted by Crippen LogP contribution is 2.35. The van der Waals surface area contributed by atoms with E-state index in [1.165, 1.54) is 0 Å². The summed E-state index contributed by atoms with van der Waals surface area (Å²) in [7, 11) is 1.91. The SMILES string of the molecule is CNCc1ccc(Oc2ccccc2SC)c(Cl)c1. The first-order valence-electron chi connectivity index (χ1n) is 5.98. The van der Waals surface area contributed by atoms with Crippen molar-refractivity contribution in [2.45, 2.75) is 11.4 Å². The van der Waals surface area contributed by atoms with Crippen molar-refractivity contribution in [2.75, 3.05) is 13.3 Å². The minimum Gasteiger partial charge on any atom is -0.455 e. The van der Waals surface area contributed by atoms with Gasteiger partial charge in [0.1, 0.15) is 11.5 Å². The molecule has 0 radical (unpaired) electrons. The third-order valence-corrected chi connectivity index (χ3v) is 3.74. The first-order chi connectivity index (χ1) is 9.24. The predicted octanol–water partition coefficient (Wildman–Crippen LogP) is 4.57. The van der Waals surface area contributed by atoms with E-state index < -0.39 is 0 Å². The Bertz CT molecular complexity index is 560. The highest BCUT2D eigenvalue weighted by Gasteiger charge is 2.07. The Morgan fingerprint density at radius 3 is 2.63 bits per heavy atom. The van der Waals surface area contributed by atoms with Crippen LogP contribution in [0.1, 0.15) is 5.56 Å². The van der Waals surface area contributed by atoms with Crippen LogP contribution in [0.3, 0.4) is 0 Å². The van der Waals surface area contributed by atoms with Gasteiger partial charge >= 0.3 is 0 Å². The smallest absolute Gasteiger partial charge is 0.146 e. The van der Waals surface area contributed by atoms with Crippen LogP contribution in [0.2, 0.25) is 5.02 Å². The molecule has 0 spiro atoms. The van der Waals surface area contributed by atoms with Crippen LogP contribution in [-0.2, 0) is 6.54 Å². The lowest BCUT2D eigenvalue weighted by atomic mass is 10.2. The van der Waals surface area contributed by atoms with Gasteiger partial charge in [-0.25, -0.2) is 0 Å². The van der Waals surface area contributed by atoms with Crippen LogP contribution in [0.4, 0.5) is 0 Å². The standard InChI is InChI=1S/C15H16ClNOS/c1-17-10-11-7-8-13(12(16)9-11)18-14-5-3-4-6-15(14)19-2/h3-9,17H,10H2,1-2H3. The molecule has 0 heterocycles. The van der Waals surface area contributed by atoms with Crippen molar-refractivity contribution in [3.63, 3.8) is 0 Å². The molecular weight excluding hydrogens is 278 g/mol. The molecule has 0 aliphatic carbocycles. The summed E-state index contributed by atoms with van der Waals surface area (Å²) in [4.78, 5) is 1.10. The van der Waals surface area contributed by atoms with Gasteiger partial charge in [-0.3, -0.25) is 0 Å². The average Bonchev–Trinajstić information content (AvgIpc) is 2.43. The number of para-hydroxylation sites is 1. The normalized spacial score (nSPS) is 10.5. The van der Waals surface area contributed by atoms with E-state index in [1.54, 1.807) is 11.8 Å². The molecule has 2 aromatic carbocycles. The lowest BCUT2D eigenvalue weighted by molar-refractivity contribution is 0.471. The molecule has 100 valence electrons. The molecule has 0 amide bonds. The zero-order chi connectivity index (χ0) is 13.7. The van der Waals surface area contributed by atoms with Crippen molar-refractivity contribution in [1.82, 2.24) is 5.32 Å². The molecule has 0 aliphatic rings. The Hall–Kier alpha value is -1.16. The maximum absolute atomic E-state index is 6.25. The minimum atomic E-state index is 0.628. The van der Waals surface area contributed by atoms with Crippen LogP contribution in [0.15, 0.2) is 47.4 Å². The van der Waals surface area contributed by atoms with Crippen molar-refractivity contribution >= 4 is 23.4 Å². The van der Waals surface area contributed by atoms with Gasteiger partial charge in [0, 0.05) is 11.4 Å². The summed E-state index contributed by atoms with van der Waals surface area (Å²) in [5, 5.41) is 3.72. The lowest BCUT2D eigenvalue weighted by Crippen LogP contribution is -2.04. The molecule has 0 fully saturated rings. The Labute approximate surface area is 123 Å². The van der Waals surface area contributed by atoms with Gasteiger partial charge in [0.15, 0.2) is 0 Å². The highest BCUT2D eigenvalue weighted by atomic mass is 35.5. The van der Waals surface area contributed by atoms with Gasteiger partial charge in [-0.15, -0.1) is 11.8 Å². The molecule has 2 aromatic rings. The second-order valence-electron chi connectivity index (χ2n) is 4.05. The third-order valence-electron chi connectivity index (χ3n) is 2.67. The molecule has 1 N–H and O–H groups in total. The second kappa shape index (κ2) is 6.85. The molecule has 0 saturated carbocycles. The summed E-state index contributed by atoms with van der Waals surface area (Å²) in [6, 6.07) is 13.8. The molecule has 2 nitrogen and oxygen atoms in total. The van der Waals surface area contributed by atoms with E-state index in [1.807, 2.05) is 55.8 Å². The fourth-order valence-electron chi connectivity index (χ4n) is 1.76. The molecule has 2 rings (SSSR count). The Morgan fingerprint density at radius 1 is 1.16 bits per heavy atom. The molecule has 0 atom stereocenters. The third kappa shape index (κ3) is 3.66. The molecule has 0 unspecified atom stereocenters. The molecule has 0 aliphatic heterocycles. The van der Waals surface area contributed by atoms with Gasteiger partial charge in [-0.05, 0) is 43.1 Å². The van der Waals surface area contributed by atoms with Crippen LogP contribution in [0, 0.1) is 0 Å². The van der Waals surface area contributed by atoms with Gasteiger partial charge in [0.05, 0.1) is 5.02 Å².